The van der Waals surface area contributed by atoms with Gasteiger partial charge < -0.3 is 5.32 Å². The number of rotatable bonds is 5. The Bertz CT molecular complexity index is 963. The highest BCUT2D eigenvalue weighted by atomic mass is 79.9. The third-order valence-corrected chi connectivity index (χ3v) is 7.49. The van der Waals surface area contributed by atoms with Crippen molar-refractivity contribution < 1.29 is 14.4 Å². The molecule has 1 aliphatic heterocycles. The molecule has 1 saturated heterocycles. The molecule has 3 fully saturated rings. The molecule has 2 bridgehead atoms. The molecule has 0 aromatic heterocycles. The van der Waals surface area contributed by atoms with Gasteiger partial charge in [0.25, 0.3) is 0 Å². The Morgan fingerprint density at radius 1 is 0.967 bits per heavy atom. The molecule has 2 aromatic carbocycles. The van der Waals surface area contributed by atoms with E-state index in [1.807, 2.05) is 42.5 Å². The number of benzene rings is 2. The monoisotopic (exact) mass is 466 g/mol. The largest absolute Gasteiger partial charge is 0.324 e. The summed E-state index contributed by atoms with van der Waals surface area (Å²) in [4.78, 5) is 41.3. The van der Waals surface area contributed by atoms with Crippen LogP contribution in [0.15, 0.2) is 59.1 Å². The summed E-state index contributed by atoms with van der Waals surface area (Å²) in [6, 6.07) is 16.0. The van der Waals surface area contributed by atoms with Crippen molar-refractivity contribution in [3.63, 3.8) is 0 Å². The van der Waals surface area contributed by atoms with E-state index in [0.29, 0.717) is 23.9 Å². The van der Waals surface area contributed by atoms with Gasteiger partial charge >= 0.3 is 0 Å². The van der Waals surface area contributed by atoms with Crippen molar-refractivity contribution in [2.75, 3.05) is 5.32 Å². The number of halogens is 1. The average molecular weight is 467 g/mol. The molecular weight excluding hydrogens is 444 g/mol. The molecule has 2 aliphatic carbocycles. The first kappa shape index (κ1) is 19.5. The second kappa shape index (κ2) is 7.65. The fraction of sp³-hybridized carbons (Fsp3) is 0.375. The Kier molecular flexibility index (Phi) is 4.97. The van der Waals surface area contributed by atoms with E-state index in [9.17, 15) is 14.4 Å². The second-order valence-corrected chi connectivity index (χ2v) is 9.55. The molecule has 5 nitrogen and oxygen atoms in total. The van der Waals surface area contributed by atoms with Crippen LogP contribution in [0.3, 0.4) is 0 Å². The van der Waals surface area contributed by atoms with Crippen molar-refractivity contribution >= 4 is 39.3 Å². The summed E-state index contributed by atoms with van der Waals surface area (Å²) >= 11 is 3.39. The van der Waals surface area contributed by atoms with Crippen LogP contribution in [-0.2, 0) is 20.8 Å². The summed E-state index contributed by atoms with van der Waals surface area (Å²) in [5, 5.41) is 2.91. The molecule has 1 N–H and O–H groups in total. The molecule has 2 saturated carbocycles. The van der Waals surface area contributed by atoms with Crippen LogP contribution in [0.2, 0.25) is 0 Å². The smallest absolute Gasteiger partial charge is 0.248 e. The van der Waals surface area contributed by atoms with Crippen LogP contribution in [0.5, 0.6) is 0 Å². The summed E-state index contributed by atoms with van der Waals surface area (Å²) < 4.78 is 0.912. The number of hydrogen-bond donors (Lipinski definition) is 1. The van der Waals surface area contributed by atoms with E-state index < -0.39 is 6.04 Å². The zero-order valence-electron chi connectivity index (χ0n) is 16.5. The molecular formula is C24H23BrN2O3. The van der Waals surface area contributed by atoms with Gasteiger partial charge in [0.15, 0.2) is 0 Å². The molecule has 6 heteroatoms. The van der Waals surface area contributed by atoms with Gasteiger partial charge in [-0.05, 0) is 60.9 Å². The molecule has 30 heavy (non-hydrogen) atoms. The van der Waals surface area contributed by atoms with Crippen LogP contribution in [0.25, 0.3) is 0 Å². The molecule has 5 atom stereocenters. The van der Waals surface area contributed by atoms with Crippen LogP contribution < -0.4 is 5.32 Å². The fourth-order valence-electron chi connectivity index (χ4n) is 5.64. The number of nitrogens with one attached hydrogen (secondary N) is 1. The zero-order chi connectivity index (χ0) is 20.8. The first-order chi connectivity index (χ1) is 14.5. The quantitative estimate of drug-likeness (QED) is 0.676. The van der Waals surface area contributed by atoms with Crippen molar-refractivity contribution in [2.45, 2.75) is 31.7 Å². The van der Waals surface area contributed by atoms with Gasteiger partial charge in [0.05, 0.1) is 11.8 Å². The SMILES string of the molecule is O=C(Nc1ccc(Br)cc1)[C@H](Cc1ccccc1)N1C(=O)[C@@H]2[C@@H]3CC[C@@H](C3)[C@@H]2C1=O. The third kappa shape index (κ3) is 3.27. The lowest BCUT2D eigenvalue weighted by Gasteiger charge is -2.27. The predicted octanol–water partition coefficient (Wildman–Crippen LogP) is 4.03. The highest BCUT2D eigenvalue weighted by Gasteiger charge is 2.62. The van der Waals surface area contributed by atoms with E-state index in [4.69, 9.17) is 0 Å². The third-order valence-electron chi connectivity index (χ3n) is 6.96. The van der Waals surface area contributed by atoms with E-state index in [1.54, 1.807) is 12.1 Å². The normalized spacial score (nSPS) is 28.0. The summed E-state index contributed by atoms with van der Waals surface area (Å²) in [7, 11) is 0. The number of likely N-dealkylation sites (tertiary alicyclic amines) is 1. The Morgan fingerprint density at radius 3 is 2.17 bits per heavy atom. The number of hydrogen-bond acceptors (Lipinski definition) is 3. The first-order valence-corrected chi connectivity index (χ1v) is 11.3. The number of carbonyl (C=O) groups is 3. The van der Waals surface area contributed by atoms with Crippen LogP contribution in [0.1, 0.15) is 24.8 Å². The van der Waals surface area contributed by atoms with Crippen LogP contribution in [0, 0.1) is 23.7 Å². The van der Waals surface area contributed by atoms with E-state index in [0.717, 1.165) is 29.3 Å². The van der Waals surface area contributed by atoms with E-state index in [-0.39, 0.29) is 29.6 Å². The first-order valence-electron chi connectivity index (χ1n) is 10.5. The number of amides is 3. The topological polar surface area (TPSA) is 66.5 Å². The molecule has 3 amide bonds. The zero-order valence-corrected chi connectivity index (χ0v) is 18.0. The maximum absolute atomic E-state index is 13.3. The molecule has 0 radical (unpaired) electrons. The predicted molar refractivity (Wildman–Crippen MR) is 116 cm³/mol. The van der Waals surface area contributed by atoms with Crippen molar-refractivity contribution in [3.05, 3.63) is 64.6 Å². The molecule has 154 valence electrons. The maximum Gasteiger partial charge on any atom is 0.248 e. The summed E-state index contributed by atoms with van der Waals surface area (Å²) in [6.45, 7) is 0. The fourth-order valence-corrected chi connectivity index (χ4v) is 5.90. The Morgan fingerprint density at radius 2 is 1.57 bits per heavy atom. The Hall–Kier alpha value is -2.47. The lowest BCUT2D eigenvalue weighted by molar-refractivity contribution is -0.147. The van der Waals surface area contributed by atoms with Crippen molar-refractivity contribution in [1.29, 1.82) is 0 Å². The van der Waals surface area contributed by atoms with Gasteiger partial charge in [0.2, 0.25) is 17.7 Å². The minimum absolute atomic E-state index is 0.149. The molecule has 0 unspecified atom stereocenters. The van der Waals surface area contributed by atoms with Crippen molar-refractivity contribution in [3.8, 4) is 0 Å². The van der Waals surface area contributed by atoms with Gasteiger partial charge in [-0.1, -0.05) is 46.3 Å². The minimum Gasteiger partial charge on any atom is -0.324 e. The second-order valence-electron chi connectivity index (χ2n) is 8.63. The van der Waals surface area contributed by atoms with Gasteiger partial charge in [-0.2, -0.15) is 0 Å². The molecule has 0 spiro atoms. The van der Waals surface area contributed by atoms with Gasteiger partial charge in [0, 0.05) is 16.6 Å². The molecule has 2 aromatic rings. The van der Waals surface area contributed by atoms with Gasteiger partial charge in [-0.3, -0.25) is 19.3 Å². The Balaban J connectivity index is 1.45. The van der Waals surface area contributed by atoms with Crippen molar-refractivity contribution in [1.82, 2.24) is 4.90 Å². The number of imide groups is 1. The molecule has 3 aliphatic rings. The van der Waals surface area contributed by atoms with E-state index in [2.05, 4.69) is 21.2 Å². The number of nitrogens with zero attached hydrogens (tertiary/aromatic N) is 1. The van der Waals surface area contributed by atoms with E-state index in [1.165, 1.54) is 4.90 Å². The average Bonchev–Trinajstić information content (AvgIpc) is 3.43. The van der Waals surface area contributed by atoms with Crippen LogP contribution in [0.4, 0.5) is 5.69 Å². The lowest BCUT2D eigenvalue weighted by Crippen LogP contribution is -2.49. The highest BCUT2D eigenvalue weighted by Crippen LogP contribution is 2.56. The number of anilines is 1. The van der Waals surface area contributed by atoms with Crippen LogP contribution in [-0.4, -0.2) is 28.7 Å². The minimum atomic E-state index is -0.846. The van der Waals surface area contributed by atoms with Gasteiger partial charge in [0.1, 0.15) is 6.04 Å². The Labute approximate surface area is 184 Å². The maximum atomic E-state index is 13.3. The summed E-state index contributed by atoms with van der Waals surface area (Å²) in [5.41, 5.74) is 1.56. The lowest BCUT2D eigenvalue weighted by atomic mass is 9.81. The van der Waals surface area contributed by atoms with Gasteiger partial charge in [-0.15, -0.1) is 0 Å². The summed E-state index contributed by atoms with van der Waals surface area (Å²) in [5.74, 6) is -0.477. The van der Waals surface area contributed by atoms with Crippen molar-refractivity contribution in [2.24, 2.45) is 23.7 Å². The number of carbonyl (C=O) groups excluding carboxylic acids is 3. The highest BCUT2D eigenvalue weighted by molar-refractivity contribution is 9.10. The molecule has 5 rings (SSSR count). The van der Waals surface area contributed by atoms with Crippen LogP contribution >= 0.6 is 15.9 Å². The van der Waals surface area contributed by atoms with Gasteiger partial charge in [-0.25, -0.2) is 0 Å². The number of fused-ring (bicyclic) bond motifs is 5. The summed E-state index contributed by atoms with van der Waals surface area (Å²) in [6.07, 6.45) is 3.34. The standard InChI is InChI=1S/C24H23BrN2O3/c25-17-8-10-18(11-9-17)26-22(28)19(12-14-4-2-1-3-5-14)27-23(29)20-15-6-7-16(13-15)21(20)24(27)30/h1-5,8-11,15-16,19-21H,6-7,12-13H2,(H,26,28)/t15-,16+,19-,20-,21+/m0/s1. The van der Waals surface area contributed by atoms with E-state index >= 15 is 0 Å². The molecule has 1 heterocycles.